The third-order valence-corrected chi connectivity index (χ3v) is 5.13. The molecule has 0 unspecified atom stereocenters. The standard InChI is InChI=1S/C16H28N2OS/c1-3-17-13-16(7-9-19-10-8-16)14-18(4-2)12-15-6-5-11-20-15/h5-6,11,17H,3-4,7-10,12-14H2,1-2H3. The molecule has 0 atom stereocenters. The Morgan fingerprint density at radius 2 is 2.15 bits per heavy atom. The zero-order chi connectivity index (χ0) is 14.3. The number of hydrogen-bond donors (Lipinski definition) is 1. The first-order valence-corrected chi connectivity index (χ1v) is 8.69. The Labute approximate surface area is 127 Å². The second-order valence-corrected chi connectivity index (χ2v) is 6.81. The van der Waals surface area contributed by atoms with Crippen LogP contribution < -0.4 is 5.32 Å². The Kier molecular flexibility index (Phi) is 6.49. The fourth-order valence-corrected chi connectivity index (χ4v) is 3.71. The number of thiophene rings is 1. The molecule has 1 fully saturated rings. The molecule has 1 aromatic rings. The maximum Gasteiger partial charge on any atom is 0.0472 e. The van der Waals surface area contributed by atoms with Crippen LogP contribution in [0.2, 0.25) is 0 Å². The van der Waals surface area contributed by atoms with Gasteiger partial charge in [0.15, 0.2) is 0 Å². The summed E-state index contributed by atoms with van der Waals surface area (Å²) in [5.41, 5.74) is 0.390. The highest BCUT2D eigenvalue weighted by molar-refractivity contribution is 7.09. The second-order valence-electron chi connectivity index (χ2n) is 5.78. The number of rotatable bonds is 8. The van der Waals surface area contributed by atoms with Crippen molar-refractivity contribution in [2.75, 3.05) is 39.4 Å². The van der Waals surface area contributed by atoms with Gasteiger partial charge in [0.25, 0.3) is 0 Å². The van der Waals surface area contributed by atoms with Gasteiger partial charge in [-0.25, -0.2) is 0 Å². The van der Waals surface area contributed by atoms with Gasteiger partial charge in [-0.1, -0.05) is 19.9 Å². The fourth-order valence-electron chi connectivity index (χ4n) is 2.96. The SMILES string of the molecule is CCNCC1(CN(CC)Cc2cccs2)CCOCC1. The van der Waals surface area contributed by atoms with Crippen molar-refractivity contribution in [3.05, 3.63) is 22.4 Å². The van der Waals surface area contributed by atoms with Crippen molar-refractivity contribution in [2.45, 2.75) is 33.2 Å². The van der Waals surface area contributed by atoms with Crippen LogP contribution in [-0.4, -0.2) is 44.3 Å². The van der Waals surface area contributed by atoms with E-state index in [1.54, 1.807) is 0 Å². The molecule has 0 amide bonds. The monoisotopic (exact) mass is 296 g/mol. The van der Waals surface area contributed by atoms with Crippen LogP contribution in [0.25, 0.3) is 0 Å². The molecule has 0 aromatic carbocycles. The summed E-state index contributed by atoms with van der Waals surface area (Å²) in [6, 6.07) is 4.39. The van der Waals surface area contributed by atoms with E-state index in [0.717, 1.165) is 39.4 Å². The first-order chi connectivity index (χ1) is 9.78. The Hall–Kier alpha value is -0.420. The average molecular weight is 296 g/mol. The quantitative estimate of drug-likeness (QED) is 0.798. The van der Waals surface area contributed by atoms with Gasteiger partial charge in [-0.3, -0.25) is 4.90 Å². The Morgan fingerprint density at radius 1 is 1.35 bits per heavy atom. The van der Waals surface area contributed by atoms with Gasteiger partial charge in [0.2, 0.25) is 0 Å². The van der Waals surface area contributed by atoms with Crippen LogP contribution in [0.3, 0.4) is 0 Å². The van der Waals surface area contributed by atoms with E-state index in [1.807, 2.05) is 11.3 Å². The summed E-state index contributed by atoms with van der Waals surface area (Å²) >= 11 is 1.86. The first kappa shape index (κ1) is 16.0. The summed E-state index contributed by atoms with van der Waals surface area (Å²) < 4.78 is 5.58. The normalized spacial score (nSPS) is 18.6. The van der Waals surface area contributed by atoms with E-state index >= 15 is 0 Å². The highest BCUT2D eigenvalue weighted by Crippen LogP contribution is 2.31. The van der Waals surface area contributed by atoms with Crippen LogP contribution in [-0.2, 0) is 11.3 Å². The van der Waals surface area contributed by atoms with Crippen molar-refractivity contribution in [1.82, 2.24) is 10.2 Å². The minimum Gasteiger partial charge on any atom is -0.381 e. The van der Waals surface area contributed by atoms with Gasteiger partial charge in [-0.15, -0.1) is 11.3 Å². The Morgan fingerprint density at radius 3 is 2.75 bits per heavy atom. The summed E-state index contributed by atoms with van der Waals surface area (Å²) in [6.07, 6.45) is 2.36. The van der Waals surface area contributed by atoms with Crippen molar-refractivity contribution in [2.24, 2.45) is 5.41 Å². The predicted octanol–water partition coefficient (Wildman–Crippen LogP) is 2.98. The van der Waals surface area contributed by atoms with E-state index in [2.05, 4.69) is 41.6 Å². The minimum atomic E-state index is 0.390. The lowest BCUT2D eigenvalue weighted by molar-refractivity contribution is -0.00457. The molecule has 114 valence electrons. The molecule has 3 nitrogen and oxygen atoms in total. The van der Waals surface area contributed by atoms with Gasteiger partial charge >= 0.3 is 0 Å². The summed E-state index contributed by atoms with van der Waals surface area (Å²) in [7, 11) is 0. The molecule has 0 saturated carbocycles. The zero-order valence-electron chi connectivity index (χ0n) is 12.9. The molecule has 1 saturated heterocycles. The number of nitrogens with zero attached hydrogens (tertiary/aromatic N) is 1. The van der Waals surface area contributed by atoms with Crippen LogP contribution >= 0.6 is 11.3 Å². The van der Waals surface area contributed by atoms with E-state index in [4.69, 9.17) is 4.74 Å². The molecule has 1 aliphatic rings. The molecule has 0 radical (unpaired) electrons. The summed E-state index contributed by atoms with van der Waals surface area (Å²) in [5.74, 6) is 0. The highest BCUT2D eigenvalue weighted by Gasteiger charge is 2.33. The minimum absolute atomic E-state index is 0.390. The lowest BCUT2D eigenvalue weighted by Crippen LogP contribution is -2.47. The lowest BCUT2D eigenvalue weighted by atomic mass is 9.79. The largest absolute Gasteiger partial charge is 0.381 e. The van der Waals surface area contributed by atoms with Gasteiger partial charge in [-0.05, 0) is 42.8 Å². The van der Waals surface area contributed by atoms with Gasteiger partial charge in [-0.2, -0.15) is 0 Å². The van der Waals surface area contributed by atoms with Crippen molar-refractivity contribution in [1.29, 1.82) is 0 Å². The van der Waals surface area contributed by atoms with E-state index < -0.39 is 0 Å². The van der Waals surface area contributed by atoms with E-state index in [-0.39, 0.29) is 0 Å². The van der Waals surface area contributed by atoms with Crippen molar-refractivity contribution in [3.63, 3.8) is 0 Å². The fraction of sp³-hybridized carbons (Fsp3) is 0.750. The zero-order valence-corrected chi connectivity index (χ0v) is 13.7. The van der Waals surface area contributed by atoms with Gasteiger partial charge < -0.3 is 10.1 Å². The maximum absolute atomic E-state index is 5.58. The maximum atomic E-state index is 5.58. The van der Waals surface area contributed by atoms with Crippen LogP contribution in [0.15, 0.2) is 17.5 Å². The predicted molar refractivity (Wildman–Crippen MR) is 86.3 cm³/mol. The third kappa shape index (κ3) is 4.55. The first-order valence-electron chi connectivity index (χ1n) is 7.81. The van der Waals surface area contributed by atoms with E-state index in [9.17, 15) is 0 Å². The molecule has 0 bridgehead atoms. The number of ether oxygens (including phenoxy) is 1. The van der Waals surface area contributed by atoms with Gasteiger partial charge in [0.05, 0.1) is 0 Å². The van der Waals surface area contributed by atoms with Crippen molar-refractivity contribution < 1.29 is 4.74 Å². The summed E-state index contributed by atoms with van der Waals surface area (Å²) in [5, 5.41) is 5.74. The van der Waals surface area contributed by atoms with Crippen molar-refractivity contribution >= 4 is 11.3 Å². The number of nitrogens with one attached hydrogen (secondary N) is 1. The molecular weight excluding hydrogens is 268 g/mol. The smallest absolute Gasteiger partial charge is 0.0472 e. The van der Waals surface area contributed by atoms with Crippen LogP contribution in [0.5, 0.6) is 0 Å². The van der Waals surface area contributed by atoms with E-state index in [0.29, 0.717) is 5.41 Å². The van der Waals surface area contributed by atoms with Gasteiger partial charge in [0.1, 0.15) is 0 Å². The van der Waals surface area contributed by atoms with Crippen molar-refractivity contribution in [3.8, 4) is 0 Å². The molecule has 2 rings (SSSR count). The molecule has 0 aliphatic carbocycles. The average Bonchev–Trinajstić information content (AvgIpc) is 2.98. The third-order valence-electron chi connectivity index (χ3n) is 4.27. The summed E-state index contributed by atoms with van der Waals surface area (Å²) in [6.45, 7) is 11.9. The summed E-state index contributed by atoms with van der Waals surface area (Å²) in [4.78, 5) is 4.06. The van der Waals surface area contributed by atoms with Gasteiger partial charge in [0, 0.05) is 37.7 Å². The molecule has 20 heavy (non-hydrogen) atoms. The molecule has 1 aliphatic heterocycles. The van der Waals surface area contributed by atoms with Crippen LogP contribution in [0.1, 0.15) is 31.6 Å². The highest BCUT2D eigenvalue weighted by atomic mass is 32.1. The molecule has 1 aromatic heterocycles. The van der Waals surface area contributed by atoms with Crippen LogP contribution in [0.4, 0.5) is 0 Å². The Bertz CT molecular complexity index is 361. The van der Waals surface area contributed by atoms with E-state index in [1.165, 1.54) is 24.3 Å². The molecular formula is C16H28N2OS. The lowest BCUT2D eigenvalue weighted by Gasteiger charge is -2.41. The van der Waals surface area contributed by atoms with Crippen LogP contribution in [0, 0.1) is 5.41 Å². The number of hydrogen-bond acceptors (Lipinski definition) is 4. The molecule has 0 spiro atoms. The Balaban J connectivity index is 1.96. The molecule has 1 N–H and O–H groups in total. The topological polar surface area (TPSA) is 24.5 Å². The molecule has 2 heterocycles. The second kappa shape index (κ2) is 8.13. The molecule has 4 heteroatoms.